The maximum Gasteiger partial charge on any atom is 0.265 e. The second kappa shape index (κ2) is 12.0. The number of fused-ring (bicyclic) bond motifs is 1. The Morgan fingerprint density at radius 3 is 2.50 bits per heavy atom. The molecule has 0 aromatic heterocycles. The van der Waals surface area contributed by atoms with Crippen LogP contribution < -0.4 is 15.0 Å². The number of hydrogen-bond donors (Lipinski definition) is 1. The third-order valence-corrected chi connectivity index (χ3v) is 7.14. The largest absolute Gasteiger partial charge is 0.494 e. The van der Waals surface area contributed by atoms with Crippen molar-refractivity contribution >= 4 is 29.3 Å². The van der Waals surface area contributed by atoms with Crippen LogP contribution in [0.4, 0.5) is 5.69 Å². The molecule has 36 heavy (non-hydrogen) atoms. The van der Waals surface area contributed by atoms with Gasteiger partial charge in [-0.1, -0.05) is 79.2 Å². The maximum atomic E-state index is 13.4. The fourth-order valence-corrected chi connectivity index (χ4v) is 4.97. The number of para-hydroxylation sites is 1. The summed E-state index contributed by atoms with van der Waals surface area (Å²) in [6.07, 6.45) is 3.53. The molecule has 1 heterocycles. The van der Waals surface area contributed by atoms with Gasteiger partial charge in [0, 0.05) is 11.0 Å². The van der Waals surface area contributed by atoms with E-state index in [1.165, 1.54) is 23.4 Å². The average Bonchev–Trinajstić information content (AvgIpc) is 2.88. The van der Waals surface area contributed by atoms with Crippen LogP contribution in [-0.2, 0) is 16.1 Å². The second-order valence-corrected chi connectivity index (χ2v) is 10.0. The number of carbonyl (C=O) groups is 2. The van der Waals surface area contributed by atoms with Gasteiger partial charge in [-0.2, -0.15) is 0 Å². The van der Waals surface area contributed by atoms with E-state index in [4.69, 9.17) is 4.74 Å². The van der Waals surface area contributed by atoms with Crippen LogP contribution in [0.3, 0.4) is 0 Å². The number of rotatable bonds is 9. The maximum absolute atomic E-state index is 13.4. The second-order valence-electron chi connectivity index (χ2n) is 8.96. The minimum atomic E-state index is -0.295. The lowest BCUT2D eigenvalue weighted by Crippen LogP contribution is -2.34. The van der Waals surface area contributed by atoms with Crippen molar-refractivity contribution in [2.45, 2.75) is 51.1 Å². The van der Waals surface area contributed by atoms with Crippen LogP contribution >= 0.6 is 11.8 Å². The highest BCUT2D eigenvalue weighted by Gasteiger charge is 2.29. The van der Waals surface area contributed by atoms with Crippen molar-refractivity contribution in [1.82, 2.24) is 5.32 Å². The number of thioether (sulfide) groups is 1. The molecular formula is C30H32N2O3S. The van der Waals surface area contributed by atoms with Crippen molar-refractivity contribution in [2.24, 2.45) is 0 Å². The molecule has 1 atom stereocenters. The molecular weight excluding hydrogens is 468 g/mol. The molecule has 1 N–H and O–H groups in total. The molecule has 2 amide bonds. The number of aryl methyl sites for hydroxylation is 1. The summed E-state index contributed by atoms with van der Waals surface area (Å²) in [6, 6.07) is 23.5. The Balaban J connectivity index is 1.47. The summed E-state index contributed by atoms with van der Waals surface area (Å²) in [5.41, 5.74) is 4.04. The van der Waals surface area contributed by atoms with Gasteiger partial charge in [-0.25, -0.2) is 0 Å². The quantitative estimate of drug-likeness (QED) is 0.267. The van der Waals surface area contributed by atoms with E-state index in [0.29, 0.717) is 18.1 Å². The molecule has 0 saturated heterocycles. The molecule has 3 aromatic carbocycles. The lowest BCUT2D eigenvalue weighted by molar-refractivity contribution is -0.118. The fraction of sp³-hybridized carbons (Fsp3) is 0.267. The number of ether oxygens (including phenoxy) is 1. The number of nitrogens with zero attached hydrogens (tertiary/aromatic N) is 1. The lowest BCUT2D eigenvalue weighted by atomic mass is 10.1. The Labute approximate surface area is 217 Å². The first-order chi connectivity index (χ1) is 17.4. The molecule has 186 valence electrons. The molecule has 0 fully saturated rings. The van der Waals surface area contributed by atoms with Gasteiger partial charge in [0.25, 0.3) is 5.91 Å². The van der Waals surface area contributed by atoms with Crippen molar-refractivity contribution in [2.75, 3.05) is 11.5 Å². The van der Waals surface area contributed by atoms with E-state index in [0.717, 1.165) is 40.3 Å². The van der Waals surface area contributed by atoms with Crippen LogP contribution in [0.2, 0.25) is 0 Å². The molecule has 1 unspecified atom stereocenters. The first-order valence-electron chi connectivity index (χ1n) is 12.3. The van der Waals surface area contributed by atoms with Gasteiger partial charge in [0.2, 0.25) is 5.91 Å². The zero-order valence-electron chi connectivity index (χ0n) is 21.0. The summed E-state index contributed by atoms with van der Waals surface area (Å²) < 4.78 is 5.72. The van der Waals surface area contributed by atoms with Gasteiger partial charge in [0.05, 0.1) is 29.8 Å². The smallest absolute Gasteiger partial charge is 0.265 e. The molecule has 1 aliphatic rings. The van der Waals surface area contributed by atoms with E-state index in [2.05, 4.69) is 12.2 Å². The molecule has 0 spiro atoms. The van der Waals surface area contributed by atoms with Gasteiger partial charge in [-0.3, -0.25) is 9.59 Å². The Bertz CT molecular complexity index is 1240. The van der Waals surface area contributed by atoms with Gasteiger partial charge in [0.1, 0.15) is 5.75 Å². The first kappa shape index (κ1) is 25.6. The fourth-order valence-electron chi connectivity index (χ4n) is 3.94. The summed E-state index contributed by atoms with van der Waals surface area (Å²) >= 11 is 1.34. The molecule has 0 aliphatic carbocycles. The molecule has 0 radical (unpaired) electrons. The molecule has 3 aromatic rings. The summed E-state index contributed by atoms with van der Waals surface area (Å²) in [7, 11) is 0. The van der Waals surface area contributed by atoms with E-state index in [-0.39, 0.29) is 17.9 Å². The lowest BCUT2D eigenvalue weighted by Gasteiger charge is -2.30. The van der Waals surface area contributed by atoms with Gasteiger partial charge >= 0.3 is 0 Å². The van der Waals surface area contributed by atoms with E-state index in [9.17, 15) is 9.59 Å². The molecule has 1 aliphatic heterocycles. The Morgan fingerprint density at radius 2 is 1.78 bits per heavy atom. The molecule has 0 saturated carbocycles. The van der Waals surface area contributed by atoms with E-state index >= 15 is 0 Å². The Hall–Kier alpha value is -3.51. The van der Waals surface area contributed by atoms with Crippen LogP contribution in [0, 0.1) is 6.92 Å². The number of nitrogens with one attached hydrogen (secondary N) is 1. The highest BCUT2D eigenvalue weighted by Crippen LogP contribution is 2.41. The van der Waals surface area contributed by atoms with Crippen molar-refractivity contribution < 1.29 is 14.3 Å². The zero-order valence-corrected chi connectivity index (χ0v) is 21.8. The minimum Gasteiger partial charge on any atom is -0.494 e. The molecule has 4 rings (SSSR count). The van der Waals surface area contributed by atoms with Gasteiger partial charge in [-0.15, -0.1) is 0 Å². The van der Waals surface area contributed by atoms with Crippen LogP contribution in [0.1, 0.15) is 49.4 Å². The number of benzene rings is 3. The van der Waals surface area contributed by atoms with Crippen molar-refractivity contribution in [1.29, 1.82) is 0 Å². The number of carbonyl (C=O) groups excluding carboxylic acids is 2. The Morgan fingerprint density at radius 1 is 1.06 bits per heavy atom. The van der Waals surface area contributed by atoms with Crippen LogP contribution in [0.5, 0.6) is 5.75 Å². The highest BCUT2D eigenvalue weighted by molar-refractivity contribution is 8.04. The van der Waals surface area contributed by atoms with E-state index in [1.54, 1.807) is 4.90 Å². The summed E-state index contributed by atoms with van der Waals surface area (Å²) in [6.45, 7) is 7.24. The van der Waals surface area contributed by atoms with Gasteiger partial charge in [0.15, 0.2) is 0 Å². The van der Waals surface area contributed by atoms with Crippen molar-refractivity contribution in [3.05, 3.63) is 100 Å². The van der Waals surface area contributed by atoms with Crippen molar-refractivity contribution in [3.8, 4) is 5.75 Å². The molecule has 5 nitrogen and oxygen atoms in total. The SMILES string of the molecule is CCCCOc1ccc(C(C)NC(=O)C=C2Sc3ccccc3N(Cc3ccc(C)cc3)C2=O)cc1. The van der Waals surface area contributed by atoms with E-state index < -0.39 is 0 Å². The Kier molecular flexibility index (Phi) is 8.49. The summed E-state index contributed by atoms with van der Waals surface area (Å²) in [5, 5.41) is 2.99. The number of anilines is 1. The van der Waals surface area contributed by atoms with Gasteiger partial charge < -0.3 is 15.0 Å². The van der Waals surface area contributed by atoms with Crippen LogP contribution in [0.25, 0.3) is 0 Å². The third kappa shape index (κ3) is 6.38. The molecule has 0 bridgehead atoms. The molecule has 6 heteroatoms. The summed E-state index contributed by atoms with van der Waals surface area (Å²) in [5.74, 6) is 0.358. The number of amides is 2. The highest BCUT2D eigenvalue weighted by atomic mass is 32.2. The first-order valence-corrected chi connectivity index (χ1v) is 13.2. The van der Waals surface area contributed by atoms with Gasteiger partial charge in [-0.05, 0) is 55.7 Å². The predicted octanol–water partition coefficient (Wildman–Crippen LogP) is 6.57. The minimum absolute atomic E-state index is 0.171. The zero-order chi connectivity index (χ0) is 25.5. The normalized spacial score (nSPS) is 14.9. The average molecular weight is 501 g/mol. The third-order valence-electron chi connectivity index (χ3n) is 6.06. The van der Waals surface area contributed by atoms with Crippen LogP contribution in [0.15, 0.2) is 88.7 Å². The number of unbranched alkanes of at least 4 members (excludes halogenated alkanes) is 1. The number of hydrogen-bond acceptors (Lipinski definition) is 4. The van der Waals surface area contributed by atoms with Crippen LogP contribution in [-0.4, -0.2) is 18.4 Å². The van der Waals surface area contributed by atoms with E-state index in [1.807, 2.05) is 86.6 Å². The van der Waals surface area contributed by atoms with Crippen molar-refractivity contribution in [3.63, 3.8) is 0 Å². The monoisotopic (exact) mass is 500 g/mol. The predicted molar refractivity (Wildman–Crippen MR) is 146 cm³/mol. The standard InChI is InChI=1S/C30H32N2O3S/c1-4-5-18-35-25-16-14-24(15-17-25)22(3)31-29(33)19-28-30(34)32(20-23-12-10-21(2)11-13-23)26-8-6-7-9-27(26)36-28/h6-17,19,22H,4-5,18,20H2,1-3H3,(H,31,33). The topological polar surface area (TPSA) is 58.6 Å². The summed E-state index contributed by atoms with van der Waals surface area (Å²) in [4.78, 5) is 29.4.